The number of nitrogens with one attached hydrogen (secondary N) is 1. The minimum absolute atomic E-state index is 0.0272. The first kappa shape index (κ1) is 12.3. The Morgan fingerprint density at radius 1 is 1.50 bits per heavy atom. The van der Waals surface area contributed by atoms with Crippen LogP contribution in [0.1, 0.15) is 19.8 Å². The number of ether oxygens (including phenoxy) is 1. The van der Waals surface area contributed by atoms with Crippen molar-refractivity contribution in [2.75, 3.05) is 32.8 Å². The molecular weight excluding hydrogens is 228 g/mol. The Balaban J connectivity index is 2.13. The highest BCUT2D eigenvalue weighted by Gasteiger charge is 2.38. The number of nitrogens with zero attached hydrogens (tertiary/aromatic N) is 1. The predicted octanol–water partition coefficient (Wildman–Crippen LogP) is -0.211. The smallest absolute Gasteiger partial charge is 0.218 e. The van der Waals surface area contributed by atoms with Gasteiger partial charge in [0.05, 0.1) is 18.5 Å². The summed E-state index contributed by atoms with van der Waals surface area (Å²) in [6.07, 6.45) is 1.55. The number of rotatable bonds is 3. The topological polar surface area (TPSA) is 58.6 Å². The maximum atomic E-state index is 12.4. The van der Waals surface area contributed by atoms with E-state index in [9.17, 15) is 8.42 Å². The molecule has 0 amide bonds. The zero-order chi connectivity index (χ0) is 11.6. The zero-order valence-corrected chi connectivity index (χ0v) is 10.5. The number of hydrogen-bond acceptors (Lipinski definition) is 4. The molecule has 0 bridgehead atoms. The Labute approximate surface area is 97.2 Å². The van der Waals surface area contributed by atoms with Crippen LogP contribution in [0.3, 0.4) is 0 Å². The van der Waals surface area contributed by atoms with Crippen LogP contribution in [-0.4, -0.2) is 56.9 Å². The van der Waals surface area contributed by atoms with Crippen LogP contribution >= 0.6 is 0 Å². The van der Waals surface area contributed by atoms with E-state index in [4.69, 9.17) is 4.74 Å². The van der Waals surface area contributed by atoms with Gasteiger partial charge in [-0.3, -0.25) is 0 Å². The quantitative estimate of drug-likeness (QED) is 0.751. The summed E-state index contributed by atoms with van der Waals surface area (Å²) in [4.78, 5) is 0. The van der Waals surface area contributed by atoms with Crippen molar-refractivity contribution in [3.05, 3.63) is 0 Å². The monoisotopic (exact) mass is 248 g/mol. The molecule has 2 atom stereocenters. The third-order valence-electron chi connectivity index (χ3n) is 3.41. The summed E-state index contributed by atoms with van der Waals surface area (Å²) in [5, 5.41) is 2.88. The van der Waals surface area contributed by atoms with Crippen molar-refractivity contribution in [2.45, 2.75) is 31.1 Å². The van der Waals surface area contributed by atoms with E-state index >= 15 is 0 Å². The zero-order valence-electron chi connectivity index (χ0n) is 9.68. The first-order valence-electron chi connectivity index (χ1n) is 5.95. The van der Waals surface area contributed by atoms with Gasteiger partial charge >= 0.3 is 0 Å². The van der Waals surface area contributed by atoms with Crippen molar-refractivity contribution in [1.82, 2.24) is 9.62 Å². The van der Waals surface area contributed by atoms with E-state index in [2.05, 4.69) is 5.32 Å². The van der Waals surface area contributed by atoms with Crippen LogP contribution in [0.4, 0.5) is 0 Å². The van der Waals surface area contributed by atoms with Gasteiger partial charge in [0.2, 0.25) is 10.0 Å². The van der Waals surface area contributed by atoms with Crippen molar-refractivity contribution in [1.29, 1.82) is 0 Å². The van der Waals surface area contributed by atoms with Gasteiger partial charge in [-0.15, -0.1) is 0 Å². The Hall–Kier alpha value is -0.170. The number of sulfonamides is 1. The molecule has 0 aromatic heterocycles. The van der Waals surface area contributed by atoms with Crippen LogP contribution < -0.4 is 5.32 Å². The first-order valence-corrected chi connectivity index (χ1v) is 7.45. The highest BCUT2D eigenvalue weighted by atomic mass is 32.2. The van der Waals surface area contributed by atoms with Crippen molar-refractivity contribution >= 4 is 10.0 Å². The molecule has 2 saturated heterocycles. The fourth-order valence-electron chi connectivity index (χ4n) is 2.37. The van der Waals surface area contributed by atoms with E-state index < -0.39 is 10.0 Å². The molecule has 5 nitrogen and oxygen atoms in total. The van der Waals surface area contributed by atoms with E-state index in [1.54, 1.807) is 4.31 Å². The van der Waals surface area contributed by atoms with Crippen LogP contribution in [0.15, 0.2) is 0 Å². The SMILES string of the molecule is CCC1COCCN1S(=O)(=O)C1CCNC1. The van der Waals surface area contributed by atoms with Gasteiger partial charge < -0.3 is 10.1 Å². The van der Waals surface area contributed by atoms with Gasteiger partial charge in [-0.05, 0) is 19.4 Å². The second-order valence-electron chi connectivity index (χ2n) is 4.41. The molecule has 2 aliphatic rings. The molecule has 2 fully saturated rings. The lowest BCUT2D eigenvalue weighted by molar-refractivity contribution is 0.0310. The molecular formula is C10H20N2O3S. The van der Waals surface area contributed by atoms with Crippen LogP contribution in [0, 0.1) is 0 Å². The molecule has 2 aliphatic heterocycles. The summed E-state index contributed by atoms with van der Waals surface area (Å²) in [6, 6.07) is 0.0272. The summed E-state index contributed by atoms with van der Waals surface area (Å²) in [5.74, 6) is 0. The number of hydrogen-bond donors (Lipinski definition) is 1. The highest BCUT2D eigenvalue weighted by Crippen LogP contribution is 2.21. The average Bonchev–Trinajstić information content (AvgIpc) is 2.83. The van der Waals surface area contributed by atoms with E-state index in [1.807, 2.05) is 6.92 Å². The second-order valence-corrected chi connectivity index (χ2v) is 6.57. The third kappa shape index (κ3) is 2.25. The minimum Gasteiger partial charge on any atom is -0.378 e. The minimum atomic E-state index is -3.13. The molecule has 0 aromatic rings. The maximum absolute atomic E-state index is 12.4. The van der Waals surface area contributed by atoms with E-state index in [-0.39, 0.29) is 11.3 Å². The fourth-order valence-corrected chi connectivity index (χ4v) is 4.45. The Kier molecular flexibility index (Phi) is 3.84. The van der Waals surface area contributed by atoms with Gasteiger partial charge in [0.15, 0.2) is 0 Å². The lowest BCUT2D eigenvalue weighted by atomic mass is 10.2. The van der Waals surface area contributed by atoms with Gasteiger partial charge in [0.1, 0.15) is 0 Å². The molecule has 0 saturated carbocycles. The average molecular weight is 248 g/mol. The Morgan fingerprint density at radius 2 is 2.31 bits per heavy atom. The summed E-state index contributed by atoms with van der Waals surface area (Å²) in [6.45, 7) is 4.99. The van der Waals surface area contributed by atoms with Crippen LogP contribution in [-0.2, 0) is 14.8 Å². The van der Waals surface area contributed by atoms with Crippen LogP contribution in [0.25, 0.3) is 0 Å². The second kappa shape index (κ2) is 5.00. The van der Waals surface area contributed by atoms with Gasteiger partial charge in [0.25, 0.3) is 0 Å². The van der Waals surface area contributed by atoms with Crippen molar-refractivity contribution in [2.24, 2.45) is 0 Å². The van der Waals surface area contributed by atoms with Gasteiger partial charge in [-0.1, -0.05) is 6.92 Å². The van der Waals surface area contributed by atoms with E-state index in [1.165, 1.54) is 0 Å². The molecule has 2 unspecified atom stereocenters. The Morgan fingerprint density at radius 3 is 2.94 bits per heavy atom. The highest BCUT2D eigenvalue weighted by molar-refractivity contribution is 7.89. The first-order chi connectivity index (χ1) is 7.66. The molecule has 6 heteroatoms. The van der Waals surface area contributed by atoms with E-state index in [0.29, 0.717) is 26.3 Å². The molecule has 2 rings (SSSR count). The van der Waals surface area contributed by atoms with Gasteiger partial charge in [0, 0.05) is 19.1 Å². The van der Waals surface area contributed by atoms with Crippen LogP contribution in [0.5, 0.6) is 0 Å². The maximum Gasteiger partial charge on any atom is 0.218 e. The van der Waals surface area contributed by atoms with Crippen LogP contribution in [0.2, 0.25) is 0 Å². The summed E-state index contributed by atoms with van der Waals surface area (Å²) in [5.41, 5.74) is 0. The summed E-state index contributed by atoms with van der Waals surface area (Å²) >= 11 is 0. The number of morpholine rings is 1. The van der Waals surface area contributed by atoms with Crippen molar-refractivity contribution < 1.29 is 13.2 Å². The molecule has 0 aliphatic carbocycles. The molecule has 16 heavy (non-hydrogen) atoms. The predicted molar refractivity (Wildman–Crippen MR) is 61.8 cm³/mol. The van der Waals surface area contributed by atoms with Gasteiger partial charge in [-0.2, -0.15) is 4.31 Å². The molecule has 94 valence electrons. The fraction of sp³-hybridized carbons (Fsp3) is 1.00. The van der Waals surface area contributed by atoms with Gasteiger partial charge in [-0.25, -0.2) is 8.42 Å². The standard InChI is InChI=1S/C10H20N2O3S/c1-2-9-8-15-6-5-12(9)16(13,14)10-3-4-11-7-10/h9-11H,2-8H2,1H3. The Bertz CT molecular complexity index is 325. The normalized spacial score (nSPS) is 33.1. The summed E-state index contributed by atoms with van der Waals surface area (Å²) in [7, 11) is -3.13. The third-order valence-corrected chi connectivity index (χ3v) is 5.79. The van der Waals surface area contributed by atoms with Crippen molar-refractivity contribution in [3.63, 3.8) is 0 Å². The van der Waals surface area contributed by atoms with Crippen molar-refractivity contribution in [3.8, 4) is 0 Å². The van der Waals surface area contributed by atoms with E-state index in [0.717, 1.165) is 19.4 Å². The summed E-state index contributed by atoms with van der Waals surface area (Å²) < 4.78 is 31.8. The largest absolute Gasteiger partial charge is 0.378 e. The lowest BCUT2D eigenvalue weighted by Crippen LogP contribution is -2.51. The molecule has 0 radical (unpaired) electrons. The molecule has 1 N–H and O–H groups in total. The lowest BCUT2D eigenvalue weighted by Gasteiger charge is -2.35. The molecule has 0 aromatic carbocycles. The molecule has 2 heterocycles. The molecule has 0 spiro atoms.